The van der Waals surface area contributed by atoms with Crippen molar-refractivity contribution in [2.75, 3.05) is 37.0 Å². The van der Waals surface area contributed by atoms with E-state index in [1.165, 1.54) is 6.07 Å². The van der Waals surface area contributed by atoms with Gasteiger partial charge < -0.3 is 20.3 Å². The van der Waals surface area contributed by atoms with Crippen molar-refractivity contribution in [3.63, 3.8) is 0 Å². The molecule has 6 nitrogen and oxygen atoms in total. The first-order chi connectivity index (χ1) is 13.5. The Morgan fingerprint density at radius 1 is 1.11 bits per heavy atom. The first-order valence-corrected chi connectivity index (χ1v) is 8.89. The molecular formula is C20H21F2N3O3. The van der Waals surface area contributed by atoms with Crippen molar-refractivity contribution in [2.24, 2.45) is 0 Å². The van der Waals surface area contributed by atoms with E-state index in [9.17, 15) is 18.4 Å². The molecule has 0 unspecified atom stereocenters. The second kappa shape index (κ2) is 8.69. The Morgan fingerprint density at radius 3 is 2.68 bits per heavy atom. The molecule has 8 heteroatoms. The third kappa shape index (κ3) is 4.76. The normalized spacial score (nSPS) is 12.9. The predicted molar refractivity (Wildman–Crippen MR) is 102 cm³/mol. The van der Waals surface area contributed by atoms with Crippen LogP contribution in [0.2, 0.25) is 0 Å². The van der Waals surface area contributed by atoms with E-state index in [2.05, 4.69) is 10.6 Å². The monoisotopic (exact) mass is 389 g/mol. The summed E-state index contributed by atoms with van der Waals surface area (Å²) in [6.45, 7) is 0.604. The third-order valence-electron chi connectivity index (χ3n) is 4.49. The molecular weight excluding hydrogens is 368 g/mol. The molecule has 0 saturated heterocycles. The van der Waals surface area contributed by atoms with Gasteiger partial charge in [0.05, 0.1) is 20.2 Å². The fourth-order valence-corrected chi connectivity index (χ4v) is 3.13. The molecule has 3 rings (SSSR count). The number of methoxy groups -OCH3 is 1. The number of rotatable bonds is 6. The lowest BCUT2D eigenvalue weighted by Gasteiger charge is -2.31. The van der Waals surface area contributed by atoms with E-state index in [1.54, 1.807) is 7.11 Å². The molecule has 0 aliphatic carbocycles. The SMILES string of the molecule is COc1ccc2c(c1)CCCN2CC(=O)NCC(=O)Nc1ccc(F)c(F)c1. The fraction of sp³-hybridized carbons (Fsp3) is 0.300. The molecule has 0 saturated carbocycles. The molecule has 148 valence electrons. The number of nitrogens with zero attached hydrogens (tertiary/aromatic N) is 1. The standard InChI is InChI=1S/C20H21F2N3O3/c1-28-15-5-7-18-13(9-15)3-2-8-25(18)12-20(27)23-11-19(26)24-14-4-6-16(21)17(22)10-14/h4-7,9-10H,2-3,8,11-12H2,1H3,(H,23,27)(H,24,26). The minimum Gasteiger partial charge on any atom is -0.497 e. The highest BCUT2D eigenvalue weighted by molar-refractivity contribution is 5.95. The van der Waals surface area contributed by atoms with Crippen LogP contribution in [0.25, 0.3) is 0 Å². The van der Waals surface area contributed by atoms with E-state index in [-0.39, 0.29) is 24.7 Å². The van der Waals surface area contributed by atoms with Gasteiger partial charge in [-0.1, -0.05) is 0 Å². The number of hydrogen-bond donors (Lipinski definition) is 2. The topological polar surface area (TPSA) is 70.7 Å². The van der Waals surface area contributed by atoms with Crippen LogP contribution in [0.3, 0.4) is 0 Å². The molecule has 0 bridgehead atoms. The largest absolute Gasteiger partial charge is 0.497 e. The average molecular weight is 389 g/mol. The number of aryl methyl sites for hydroxylation is 1. The zero-order valence-electron chi connectivity index (χ0n) is 15.4. The van der Waals surface area contributed by atoms with E-state index in [0.717, 1.165) is 48.5 Å². The molecule has 28 heavy (non-hydrogen) atoms. The molecule has 2 aromatic rings. The van der Waals surface area contributed by atoms with E-state index in [0.29, 0.717) is 0 Å². The first-order valence-electron chi connectivity index (χ1n) is 8.89. The number of fused-ring (bicyclic) bond motifs is 1. The van der Waals surface area contributed by atoms with Crippen LogP contribution in [0, 0.1) is 11.6 Å². The highest BCUT2D eigenvalue weighted by Gasteiger charge is 2.20. The van der Waals surface area contributed by atoms with Crippen LogP contribution >= 0.6 is 0 Å². The Labute approximate surface area is 161 Å². The van der Waals surface area contributed by atoms with Gasteiger partial charge in [0, 0.05) is 24.0 Å². The van der Waals surface area contributed by atoms with Gasteiger partial charge in [-0.25, -0.2) is 8.78 Å². The lowest BCUT2D eigenvalue weighted by atomic mass is 10.0. The van der Waals surface area contributed by atoms with Gasteiger partial charge in [0.25, 0.3) is 0 Å². The Bertz CT molecular complexity index is 889. The number of benzene rings is 2. The number of anilines is 2. The lowest BCUT2D eigenvalue weighted by molar-refractivity contribution is -0.123. The van der Waals surface area contributed by atoms with E-state index in [1.807, 2.05) is 23.1 Å². The Morgan fingerprint density at radius 2 is 1.93 bits per heavy atom. The van der Waals surface area contributed by atoms with Crippen LogP contribution in [-0.2, 0) is 16.0 Å². The van der Waals surface area contributed by atoms with Gasteiger partial charge in [0.15, 0.2) is 11.6 Å². The van der Waals surface area contributed by atoms with Crippen molar-refractivity contribution in [3.8, 4) is 5.75 Å². The van der Waals surface area contributed by atoms with Crippen LogP contribution in [0.4, 0.5) is 20.2 Å². The fourth-order valence-electron chi connectivity index (χ4n) is 3.13. The summed E-state index contributed by atoms with van der Waals surface area (Å²) in [5.74, 6) is -2.10. The molecule has 2 amide bonds. The molecule has 0 aromatic heterocycles. The first kappa shape index (κ1) is 19.6. The molecule has 1 aliphatic rings. The van der Waals surface area contributed by atoms with E-state index < -0.39 is 17.5 Å². The summed E-state index contributed by atoms with van der Waals surface area (Å²) in [7, 11) is 1.61. The molecule has 0 fully saturated rings. The summed E-state index contributed by atoms with van der Waals surface area (Å²) in [6, 6.07) is 8.80. The number of nitrogens with one attached hydrogen (secondary N) is 2. The maximum absolute atomic E-state index is 13.2. The van der Waals surface area contributed by atoms with Gasteiger partial charge in [-0.05, 0) is 48.7 Å². The second-order valence-corrected chi connectivity index (χ2v) is 6.47. The predicted octanol–water partition coefficient (Wildman–Crippen LogP) is 2.48. The summed E-state index contributed by atoms with van der Waals surface area (Å²) in [5.41, 5.74) is 2.22. The van der Waals surface area contributed by atoms with Crippen molar-refractivity contribution in [1.82, 2.24) is 5.32 Å². The zero-order valence-corrected chi connectivity index (χ0v) is 15.4. The maximum Gasteiger partial charge on any atom is 0.243 e. The Hall–Kier alpha value is -3.16. The third-order valence-corrected chi connectivity index (χ3v) is 4.49. The quantitative estimate of drug-likeness (QED) is 0.796. The van der Waals surface area contributed by atoms with Gasteiger partial charge in [-0.2, -0.15) is 0 Å². The molecule has 1 heterocycles. The van der Waals surface area contributed by atoms with Crippen LogP contribution in [0.15, 0.2) is 36.4 Å². The highest BCUT2D eigenvalue weighted by atomic mass is 19.2. The average Bonchev–Trinajstić information content (AvgIpc) is 2.69. The number of halogens is 2. The number of ether oxygens (including phenoxy) is 1. The van der Waals surface area contributed by atoms with Crippen LogP contribution in [-0.4, -0.2) is 38.6 Å². The second-order valence-electron chi connectivity index (χ2n) is 6.47. The zero-order chi connectivity index (χ0) is 20.1. The van der Waals surface area contributed by atoms with Crippen molar-refractivity contribution in [3.05, 3.63) is 53.6 Å². The van der Waals surface area contributed by atoms with E-state index in [4.69, 9.17) is 4.74 Å². The molecule has 0 atom stereocenters. The minimum absolute atomic E-state index is 0.122. The molecule has 0 radical (unpaired) electrons. The number of carbonyl (C=O) groups excluding carboxylic acids is 2. The van der Waals surface area contributed by atoms with Crippen molar-refractivity contribution in [1.29, 1.82) is 0 Å². The van der Waals surface area contributed by atoms with Gasteiger partial charge in [-0.3, -0.25) is 9.59 Å². The van der Waals surface area contributed by atoms with Gasteiger partial charge in [0.2, 0.25) is 11.8 Å². The summed E-state index contributed by atoms with van der Waals surface area (Å²) >= 11 is 0. The minimum atomic E-state index is -1.05. The van der Waals surface area contributed by atoms with Gasteiger partial charge in [0.1, 0.15) is 5.75 Å². The van der Waals surface area contributed by atoms with Crippen LogP contribution in [0.5, 0.6) is 5.75 Å². The summed E-state index contributed by atoms with van der Waals surface area (Å²) in [4.78, 5) is 26.1. The Balaban J connectivity index is 1.52. The molecule has 2 aromatic carbocycles. The van der Waals surface area contributed by atoms with Crippen molar-refractivity contribution < 1.29 is 23.1 Å². The number of carbonyl (C=O) groups is 2. The van der Waals surface area contributed by atoms with Gasteiger partial charge in [-0.15, -0.1) is 0 Å². The maximum atomic E-state index is 13.2. The Kier molecular flexibility index (Phi) is 6.08. The van der Waals surface area contributed by atoms with Gasteiger partial charge >= 0.3 is 0 Å². The number of hydrogen-bond acceptors (Lipinski definition) is 4. The molecule has 1 aliphatic heterocycles. The van der Waals surface area contributed by atoms with Crippen LogP contribution < -0.4 is 20.3 Å². The highest BCUT2D eigenvalue weighted by Crippen LogP contribution is 2.30. The molecule has 2 N–H and O–H groups in total. The number of amides is 2. The van der Waals surface area contributed by atoms with Crippen molar-refractivity contribution >= 4 is 23.2 Å². The van der Waals surface area contributed by atoms with E-state index >= 15 is 0 Å². The summed E-state index contributed by atoms with van der Waals surface area (Å²) in [5, 5.41) is 4.95. The molecule has 0 spiro atoms. The smallest absolute Gasteiger partial charge is 0.243 e. The summed E-state index contributed by atoms with van der Waals surface area (Å²) in [6.07, 6.45) is 1.84. The van der Waals surface area contributed by atoms with Crippen molar-refractivity contribution in [2.45, 2.75) is 12.8 Å². The summed E-state index contributed by atoms with van der Waals surface area (Å²) < 4.78 is 31.3. The lowest BCUT2D eigenvalue weighted by Crippen LogP contribution is -2.42. The van der Waals surface area contributed by atoms with Crippen LogP contribution in [0.1, 0.15) is 12.0 Å².